The smallest absolute Gasteiger partial charge is 0.399 e. The molecule has 0 N–H and O–H groups in total. The first-order valence-corrected chi connectivity index (χ1v) is 11.3. The highest BCUT2D eigenvalue weighted by molar-refractivity contribution is 6.62. The molecule has 3 aromatic carbocycles. The van der Waals surface area contributed by atoms with Crippen LogP contribution in [0.4, 0.5) is 0 Å². The Balaban J connectivity index is 1.29. The molecule has 1 saturated heterocycles. The third-order valence-electron chi connectivity index (χ3n) is 7.03. The number of fused-ring (bicyclic) bond motifs is 3. The topological polar surface area (TPSA) is 23.4 Å². The van der Waals surface area contributed by atoms with Crippen molar-refractivity contribution in [3.63, 3.8) is 0 Å². The highest BCUT2D eigenvalue weighted by Gasteiger charge is 2.51. The minimum atomic E-state index is -0.307. The van der Waals surface area contributed by atoms with Crippen molar-refractivity contribution in [1.29, 1.82) is 0 Å². The summed E-state index contributed by atoms with van der Waals surface area (Å²) in [5.41, 5.74) is 4.46. The summed E-state index contributed by atoms with van der Waals surface area (Å²) in [6.07, 6.45) is 2.14. The zero-order valence-corrected chi connectivity index (χ0v) is 18.9. The molecule has 3 nitrogen and oxygen atoms in total. The fraction of sp³-hybridized carbons (Fsp3) is 0.333. The van der Waals surface area contributed by atoms with E-state index in [1.165, 1.54) is 27.4 Å². The van der Waals surface area contributed by atoms with Crippen molar-refractivity contribution in [2.45, 2.75) is 58.3 Å². The number of hydrogen-bond donors (Lipinski definition) is 0. The third-order valence-corrected chi connectivity index (χ3v) is 7.03. The Morgan fingerprint density at radius 1 is 0.710 bits per heavy atom. The second-order valence-electron chi connectivity index (χ2n) is 9.62. The number of rotatable bonds is 5. The van der Waals surface area contributed by atoms with E-state index >= 15 is 0 Å². The molecule has 1 aliphatic heterocycles. The lowest BCUT2D eigenvalue weighted by Gasteiger charge is -2.32. The van der Waals surface area contributed by atoms with Gasteiger partial charge in [0, 0.05) is 28.4 Å². The van der Waals surface area contributed by atoms with Gasteiger partial charge in [-0.05, 0) is 63.7 Å². The maximum atomic E-state index is 6.18. The molecule has 1 fully saturated rings. The molecule has 0 unspecified atom stereocenters. The van der Waals surface area contributed by atoms with Crippen molar-refractivity contribution in [3.8, 4) is 0 Å². The van der Waals surface area contributed by atoms with E-state index in [1.54, 1.807) is 0 Å². The van der Waals surface area contributed by atoms with Crippen LogP contribution in [0.3, 0.4) is 0 Å². The quantitative estimate of drug-likeness (QED) is 0.392. The van der Waals surface area contributed by atoms with Gasteiger partial charge in [-0.2, -0.15) is 0 Å². The predicted octanol–water partition coefficient (Wildman–Crippen LogP) is 5.73. The van der Waals surface area contributed by atoms with Crippen LogP contribution in [0.25, 0.3) is 21.8 Å². The van der Waals surface area contributed by atoms with Gasteiger partial charge in [-0.3, -0.25) is 0 Å². The molecule has 4 aromatic rings. The van der Waals surface area contributed by atoms with Crippen molar-refractivity contribution < 1.29 is 9.31 Å². The summed E-state index contributed by atoms with van der Waals surface area (Å²) in [7, 11) is -0.295. The van der Waals surface area contributed by atoms with E-state index in [9.17, 15) is 0 Å². The van der Waals surface area contributed by atoms with Gasteiger partial charge in [-0.25, -0.2) is 0 Å². The predicted molar refractivity (Wildman–Crippen MR) is 130 cm³/mol. The molecular formula is C27H30BNO2. The Labute approximate surface area is 185 Å². The fourth-order valence-corrected chi connectivity index (χ4v) is 4.51. The Bertz CT molecular complexity index is 1150. The van der Waals surface area contributed by atoms with Gasteiger partial charge >= 0.3 is 7.12 Å². The number of benzene rings is 3. The molecule has 0 bridgehead atoms. The molecule has 0 amide bonds. The number of aryl methyl sites for hydroxylation is 2. The molecule has 0 atom stereocenters. The summed E-state index contributed by atoms with van der Waals surface area (Å²) < 4.78 is 14.8. The van der Waals surface area contributed by atoms with Crippen molar-refractivity contribution in [2.75, 3.05) is 0 Å². The molecule has 1 aliphatic rings. The maximum absolute atomic E-state index is 6.18. The number of aromatic nitrogens is 1. The summed E-state index contributed by atoms with van der Waals surface area (Å²) in [4.78, 5) is 0. The van der Waals surface area contributed by atoms with Crippen molar-refractivity contribution in [3.05, 3.63) is 78.4 Å². The first-order chi connectivity index (χ1) is 14.9. The highest BCUT2D eigenvalue weighted by Crippen LogP contribution is 2.36. The molecule has 0 radical (unpaired) electrons. The van der Waals surface area contributed by atoms with Gasteiger partial charge in [0.1, 0.15) is 0 Å². The standard InChI is InChI=1S/C27H30BNO2/c1-26(2)27(3,4)31-28(30-26)21-17-15-20(16-18-21)10-9-19-29-24-13-7-5-11-22(24)23-12-6-8-14-25(23)29/h5-8,11-18H,9-10,19H2,1-4H3. The van der Waals surface area contributed by atoms with Crippen LogP contribution in [0.1, 0.15) is 39.7 Å². The fourth-order valence-electron chi connectivity index (χ4n) is 4.51. The molecule has 0 spiro atoms. The van der Waals surface area contributed by atoms with Crippen LogP contribution in [-0.4, -0.2) is 22.9 Å². The average Bonchev–Trinajstić information content (AvgIpc) is 3.19. The zero-order valence-electron chi connectivity index (χ0n) is 18.9. The molecule has 2 heterocycles. The summed E-state index contributed by atoms with van der Waals surface area (Å²) in [5, 5.41) is 2.68. The Kier molecular flexibility index (Phi) is 4.95. The summed E-state index contributed by atoms with van der Waals surface area (Å²) >= 11 is 0. The van der Waals surface area contributed by atoms with E-state index in [1.807, 2.05) is 0 Å². The summed E-state index contributed by atoms with van der Waals surface area (Å²) in [5.74, 6) is 0. The van der Waals surface area contributed by atoms with Crippen LogP contribution in [0.2, 0.25) is 0 Å². The van der Waals surface area contributed by atoms with Gasteiger partial charge in [0.25, 0.3) is 0 Å². The first kappa shape index (κ1) is 20.4. The Hall–Kier alpha value is -2.56. The van der Waals surface area contributed by atoms with Crippen LogP contribution in [0.15, 0.2) is 72.8 Å². The van der Waals surface area contributed by atoms with Crippen LogP contribution in [0.5, 0.6) is 0 Å². The minimum absolute atomic E-state index is 0.295. The average molecular weight is 411 g/mol. The van der Waals surface area contributed by atoms with Crippen LogP contribution >= 0.6 is 0 Å². The van der Waals surface area contributed by atoms with Crippen LogP contribution < -0.4 is 5.46 Å². The lowest BCUT2D eigenvalue weighted by Crippen LogP contribution is -2.41. The van der Waals surface area contributed by atoms with Gasteiger partial charge in [0.05, 0.1) is 11.2 Å². The second-order valence-corrected chi connectivity index (χ2v) is 9.62. The lowest BCUT2D eigenvalue weighted by atomic mass is 9.78. The second kappa shape index (κ2) is 7.54. The van der Waals surface area contributed by atoms with Crippen molar-refractivity contribution in [1.82, 2.24) is 4.57 Å². The lowest BCUT2D eigenvalue weighted by molar-refractivity contribution is 0.00578. The molecule has 5 rings (SSSR count). The monoisotopic (exact) mass is 411 g/mol. The molecule has 0 saturated carbocycles. The van der Waals surface area contributed by atoms with Crippen LogP contribution in [0, 0.1) is 0 Å². The van der Waals surface area contributed by atoms with Crippen LogP contribution in [-0.2, 0) is 22.3 Å². The molecule has 31 heavy (non-hydrogen) atoms. The normalized spacial score (nSPS) is 17.6. The highest BCUT2D eigenvalue weighted by atomic mass is 16.7. The van der Waals surface area contributed by atoms with Gasteiger partial charge in [-0.1, -0.05) is 60.7 Å². The largest absolute Gasteiger partial charge is 0.494 e. The van der Waals surface area contributed by atoms with Gasteiger partial charge < -0.3 is 13.9 Å². The summed E-state index contributed by atoms with van der Waals surface area (Å²) in [6, 6.07) is 26.2. The molecule has 158 valence electrons. The van der Waals surface area contributed by atoms with E-state index in [2.05, 4.69) is 105 Å². The number of para-hydroxylation sites is 2. The van der Waals surface area contributed by atoms with E-state index in [-0.39, 0.29) is 18.3 Å². The maximum Gasteiger partial charge on any atom is 0.494 e. The molecule has 1 aromatic heterocycles. The Morgan fingerprint density at radius 3 is 1.77 bits per heavy atom. The number of hydrogen-bond acceptors (Lipinski definition) is 2. The minimum Gasteiger partial charge on any atom is -0.399 e. The van der Waals surface area contributed by atoms with E-state index < -0.39 is 0 Å². The van der Waals surface area contributed by atoms with Gasteiger partial charge in [0.2, 0.25) is 0 Å². The SMILES string of the molecule is CC1(C)OB(c2ccc(CCCn3c4ccccc4c4ccccc43)cc2)OC1(C)C. The summed E-state index contributed by atoms with van der Waals surface area (Å²) in [6.45, 7) is 9.38. The molecule has 0 aliphatic carbocycles. The van der Waals surface area contributed by atoms with E-state index in [4.69, 9.17) is 9.31 Å². The van der Waals surface area contributed by atoms with Gasteiger partial charge in [0.15, 0.2) is 0 Å². The van der Waals surface area contributed by atoms with E-state index in [0.29, 0.717) is 0 Å². The molecule has 4 heteroatoms. The van der Waals surface area contributed by atoms with Crippen molar-refractivity contribution >= 4 is 34.4 Å². The van der Waals surface area contributed by atoms with E-state index in [0.717, 1.165) is 24.8 Å². The number of nitrogens with zero attached hydrogens (tertiary/aromatic N) is 1. The third kappa shape index (κ3) is 3.58. The zero-order chi connectivity index (χ0) is 21.6. The first-order valence-electron chi connectivity index (χ1n) is 11.3. The van der Waals surface area contributed by atoms with Crippen molar-refractivity contribution in [2.24, 2.45) is 0 Å². The molecular weight excluding hydrogens is 381 g/mol. The Morgan fingerprint density at radius 2 is 1.23 bits per heavy atom. The van der Waals surface area contributed by atoms with Gasteiger partial charge in [-0.15, -0.1) is 0 Å².